The third-order valence-electron chi connectivity index (χ3n) is 4.98. The molecule has 2 spiro atoms. The average molecular weight is 294 g/mol. The SMILES string of the molecule is CCOC(=O)CC=C1C[C@@]2(CCCO2)C[C@@]2(CCCO2)C1. The lowest BCUT2D eigenvalue weighted by Gasteiger charge is -2.44. The van der Waals surface area contributed by atoms with Gasteiger partial charge in [-0.15, -0.1) is 0 Å². The van der Waals surface area contributed by atoms with E-state index in [0.717, 1.165) is 58.2 Å². The standard InChI is InChI=1S/C17H26O4/c1-2-19-15(18)6-5-14-11-16(7-3-9-20-16)13-17(12-14)8-4-10-21-17/h5H,2-4,6-13H2,1H3/t16-,17+. The van der Waals surface area contributed by atoms with Gasteiger partial charge in [-0.25, -0.2) is 0 Å². The fourth-order valence-corrected chi connectivity index (χ4v) is 4.26. The zero-order chi connectivity index (χ0) is 14.8. The van der Waals surface area contributed by atoms with Gasteiger partial charge in [0.2, 0.25) is 0 Å². The van der Waals surface area contributed by atoms with Gasteiger partial charge in [-0.3, -0.25) is 4.79 Å². The molecule has 3 aliphatic rings. The van der Waals surface area contributed by atoms with E-state index >= 15 is 0 Å². The third kappa shape index (κ3) is 3.32. The van der Waals surface area contributed by atoms with Crippen LogP contribution in [0.4, 0.5) is 0 Å². The van der Waals surface area contributed by atoms with Gasteiger partial charge in [0, 0.05) is 19.6 Å². The van der Waals surface area contributed by atoms with Crippen molar-refractivity contribution in [3.05, 3.63) is 11.6 Å². The molecule has 21 heavy (non-hydrogen) atoms. The van der Waals surface area contributed by atoms with Crippen molar-refractivity contribution in [1.82, 2.24) is 0 Å². The number of ether oxygens (including phenoxy) is 3. The van der Waals surface area contributed by atoms with Crippen LogP contribution < -0.4 is 0 Å². The Morgan fingerprint density at radius 3 is 2.29 bits per heavy atom. The number of carbonyl (C=O) groups excluding carboxylic acids is 1. The van der Waals surface area contributed by atoms with Crippen LogP contribution in [0.3, 0.4) is 0 Å². The highest BCUT2D eigenvalue weighted by Gasteiger charge is 2.50. The summed E-state index contributed by atoms with van der Waals surface area (Å²) in [5.41, 5.74) is 1.24. The zero-order valence-corrected chi connectivity index (χ0v) is 13.0. The highest BCUT2D eigenvalue weighted by atomic mass is 16.5. The molecule has 1 saturated carbocycles. The quantitative estimate of drug-likeness (QED) is 0.592. The average Bonchev–Trinajstić information content (AvgIpc) is 3.07. The van der Waals surface area contributed by atoms with Gasteiger partial charge in [0.1, 0.15) is 0 Å². The summed E-state index contributed by atoms with van der Waals surface area (Å²) in [5.74, 6) is -0.140. The Bertz CT molecular complexity index is 389. The monoisotopic (exact) mass is 294 g/mol. The summed E-state index contributed by atoms with van der Waals surface area (Å²) in [4.78, 5) is 11.6. The van der Waals surface area contributed by atoms with Crippen LogP contribution in [0.1, 0.15) is 58.3 Å². The first kappa shape index (κ1) is 15.0. The maximum atomic E-state index is 11.6. The van der Waals surface area contributed by atoms with Gasteiger partial charge < -0.3 is 14.2 Å². The molecular weight excluding hydrogens is 268 g/mol. The summed E-state index contributed by atoms with van der Waals surface area (Å²) >= 11 is 0. The Hall–Kier alpha value is -0.870. The molecule has 3 fully saturated rings. The molecule has 0 bridgehead atoms. The zero-order valence-electron chi connectivity index (χ0n) is 13.0. The van der Waals surface area contributed by atoms with Crippen LogP contribution in [0.2, 0.25) is 0 Å². The minimum Gasteiger partial charge on any atom is -0.466 e. The van der Waals surface area contributed by atoms with Crippen LogP contribution in [0.15, 0.2) is 11.6 Å². The maximum absolute atomic E-state index is 11.6. The van der Waals surface area contributed by atoms with E-state index in [-0.39, 0.29) is 17.2 Å². The van der Waals surface area contributed by atoms with Crippen molar-refractivity contribution in [3.8, 4) is 0 Å². The minimum absolute atomic E-state index is 0.0386. The fourth-order valence-electron chi connectivity index (χ4n) is 4.26. The predicted molar refractivity (Wildman–Crippen MR) is 79.0 cm³/mol. The first-order valence-corrected chi connectivity index (χ1v) is 8.27. The number of carbonyl (C=O) groups is 1. The molecule has 3 rings (SSSR count). The lowest BCUT2D eigenvalue weighted by atomic mass is 9.70. The van der Waals surface area contributed by atoms with Crippen molar-refractivity contribution in [3.63, 3.8) is 0 Å². The van der Waals surface area contributed by atoms with E-state index in [4.69, 9.17) is 14.2 Å². The Balaban J connectivity index is 1.73. The van der Waals surface area contributed by atoms with Gasteiger partial charge in [-0.2, -0.15) is 0 Å². The molecule has 0 aromatic rings. The van der Waals surface area contributed by atoms with Crippen molar-refractivity contribution >= 4 is 5.97 Å². The van der Waals surface area contributed by atoms with E-state index < -0.39 is 0 Å². The number of hydrogen-bond donors (Lipinski definition) is 0. The van der Waals surface area contributed by atoms with Crippen molar-refractivity contribution in [1.29, 1.82) is 0 Å². The molecule has 2 aliphatic heterocycles. The van der Waals surface area contributed by atoms with E-state index in [1.54, 1.807) is 0 Å². The van der Waals surface area contributed by atoms with Crippen LogP contribution in [-0.4, -0.2) is 37.0 Å². The molecule has 0 aromatic heterocycles. The first-order chi connectivity index (χ1) is 10.2. The fraction of sp³-hybridized carbons (Fsp3) is 0.824. The molecule has 2 saturated heterocycles. The molecule has 1 aliphatic carbocycles. The Kier molecular flexibility index (Phi) is 4.36. The maximum Gasteiger partial charge on any atom is 0.309 e. The van der Waals surface area contributed by atoms with E-state index in [1.165, 1.54) is 5.57 Å². The van der Waals surface area contributed by atoms with Crippen LogP contribution in [-0.2, 0) is 19.0 Å². The van der Waals surface area contributed by atoms with E-state index in [1.807, 2.05) is 6.92 Å². The summed E-state index contributed by atoms with van der Waals surface area (Å²) in [7, 11) is 0. The van der Waals surface area contributed by atoms with E-state index in [2.05, 4.69) is 6.08 Å². The molecule has 0 aromatic carbocycles. The molecule has 2 heterocycles. The summed E-state index contributed by atoms with van der Waals surface area (Å²) in [6.45, 7) is 4.01. The van der Waals surface area contributed by atoms with Gasteiger partial charge in [-0.05, 0) is 45.4 Å². The second-order valence-corrected chi connectivity index (χ2v) is 6.67. The van der Waals surface area contributed by atoms with Gasteiger partial charge in [-0.1, -0.05) is 11.6 Å². The number of rotatable bonds is 3. The topological polar surface area (TPSA) is 44.8 Å². The number of hydrogen-bond acceptors (Lipinski definition) is 4. The molecule has 2 atom stereocenters. The van der Waals surface area contributed by atoms with Crippen molar-refractivity contribution in [2.75, 3.05) is 19.8 Å². The normalized spacial score (nSPS) is 37.7. The predicted octanol–water partition coefficient (Wildman–Crippen LogP) is 3.15. The summed E-state index contributed by atoms with van der Waals surface area (Å²) < 4.78 is 17.3. The molecule has 0 amide bonds. The van der Waals surface area contributed by atoms with Crippen LogP contribution in [0.5, 0.6) is 0 Å². The van der Waals surface area contributed by atoms with Gasteiger partial charge in [0.15, 0.2) is 0 Å². The Labute approximate surface area is 126 Å². The number of esters is 1. The third-order valence-corrected chi connectivity index (χ3v) is 4.98. The minimum atomic E-state index is -0.140. The molecule has 0 radical (unpaired) electrons. The molecule has 4 heteroatoms. The molecule has 0 unspecified atom stereocenters. The second-order valence-electron chi connectivity index (χ2n) is 6.67. The Morgan fingerprint density at radius 1 is 1.19 bits per heavy atom. The second kappa shape index (κ2) is 6.09. The van der Waals surface area contributed by atoms with Crippen molar-refractivity contribution in [2.45, 2.75) is 69.5 Å². The lowest BCUT2D eigenvalue weighted by Crippen LogP contribution is -2.46. The molecular formula is C17H26O4. The summed E-state index contributed by atoms with van der Waals surface area (Å²) in [6.07, 6.45) is 9.89. The smallest absolute Gasteiger partial charge is 0.309 e. The van der Waals surface area contributed by atoms with Crippen LogP contribution in [0.25, 0.3) is 0 Å². The van der Waals surface area contributed by atoms with Gasteiger partial charge >= 0.3 is 5.97 Å². The van der Waals surface area contributed by atoms with Gasteiger partial charge in [0.25, 0.3) is 0 Å². The lowest BCUT2D eigenvalue weighted by molar-refractivity contribution is -0.142. The van der Waals surface area contributed by atoms with Gasteiger partial charge in [0.05, 0.1) is 24.2 Å². The summed E-state index contributed by atoms with van der Waals surface area (Å²) in [5, 5.41) is 0. The largest absolute Gasteiger partial charge is 0.466 e. The van der Waals surface area contributed by atoms with Crippen LogP contribution in [0, 0.1) is 0 Å². The van der Waals surface area contributed by atoms with Crippen LogP contribution >= 0.6 is 0 Å². The molecule has 118 valence electrons. The highest BCUT2D eigenvalue weighted by molar-refractivity contribution is 5.71. The van der Waals surface area contributed by atoms with Crippen molar-refractivity contribution in [2.24, 2.45) is 0 Å². The van der Waals surface area contributed by atoms with E-state index in [9.17, 15) is 4.79 Å². The molecule has 4 nitrogen and oxygen atoms in total. The molecule has 0 N–H and O–H groups in total. The summed E-state index contributed by atoms with van der Waals surface area (Å²) in [6, 6.07) is 0. The van der Waals surface area contributed by atoms with Crippen molar-refractivity contribution < 1.29 is 19.0 Å². The first-order valence-electron chi connectivity index (χ1n) is 8.27. The Morgan fingerprint density at radius 2 is 1.81 bits per heavy atom. The highest BCUT2D eigenvalue weighted by Crippen LogP contribution is 2.50. The van der Waals surface area contributed by atoms with E-state index in [0.29, 0.717) is 13.0 Å².